The largest absolute Gasteiger partial charge is 0.276 e. The molecule has 0 fully saturated rings. The third-order valence-corrected chi connectivity index (χ3v) is 6.09. The van der Waals surface area contributed by atoms with Crippen LogP contribution in [0.4, 0.5) is 0 Å². The summed E-state index contributed by atoms with van der Waals surface area (Å²) in [5.41, 5.74) is 4.05. The number of sulfonamides is 1. The summed E-state index contributed by atoms with van der Waals surface area (Å²) in [6.45, 7) is 1.99. The average molecular weight is 424 g/mol. The Balaban J connectivity index is 1.83. The lowest BCUT2D eigenvalue weighted by Crippen LogP contribution is -2.25. The van der Waals surface area contributed by atoms with Crippen LogP contribution in [0.2, 0.25) is 5.02 Å². The molecule has 1 N–H and O–H groups in total. The van der Waals surface area contributed by atoms with Gasteiger partial charge in [-0.25, -0.2) is 0 Å². The lowest BCUT2D eigenvalue weighted by atomic mass is 10.0. The molecule has 29 heavy (non-hydrogen) atoms. The van der Waals surface area contributed by atoms with Crippen molar-refractivity contribution >= 4 is 21.6 Å². The Morgan fingerprint density at radius 3 is 2.24 bits per heavy atom. The van der Waals surface area contributed by atoms with Gasteiger partial charge in [0.05, 0.1) is 16.3 Å². The number of hydrogen-bond acceptors (Lipinski definition) is 3. The fourth-order valence-corrected chi connectivity index (χ4v) is 4.15. The first-order valence-corrected chi connectivity index (χ1v) is 10.8. The van der Waals surface area contributed by atoms with Crippen LogP contribution in [0.15, 0.2) is 89.8 Å². The van der Waals surface area contributed by atoms with Crippen molar-refractivity contribution in [2.45, 2.75) is 11.8 Å². The second kappa shape index (κ2) is 7.73. The van der Waals surface area contributed by atoms with E-state index in [0.717, 1.165) is 16.7 Å². The maximum absolute atomic E-state index is 12.9. The lowest BCUT2D eigenvalue weighted by Gasteiger charge is -2.11. The van der Waals surface area contributed by atoms with Crippen LogP contribution >= 0.6 is 11.6 Å². The number of aryl methyl sites for hydroxylation is 1. The molecule has 0 aliphatic carbocycles. The maximum atomic E-state index is 12.9. The van der Waals surface area contributed by atoms with Gasteiger partial charge in [-0.05, 0) is 42.8 Å². The smallest absolute Gasteiger partial charge is 0.200 e. The predicted octanol–water partition coefficient (Wildman–Crippen LogP) is 5.11. The standard InChI is InChI=1S/C22H18ClN3O2S/c1-16-7-5-6-10-20(16)21-15-22(17-11-13-18(23)14-12-17)26(24-21)25-29(27,28)19-8-3-2-4-9-19/h2-15,25H,1H3. The van der Waals surface area contributed by atoms with Gasteiger partial charge in [0.15, 0.2) is 0 Å². The van der Waals surface area contributed by atoms with Gasteiger partial charge in [-0.2, -0.15) is 23.1 Å². The van der Waals surface area contributed by atoms with Gasteiger partial charge in [-0.3, -0.25) is 0 Å². The molecule has 1 heterocycles. The summed E-state index contributed by atoms with van der Waals surface area (Å²) in [6.07, 6.45) is 0. The molecule has 0 spiro atoms. The number of rotatable bonds is 5. The molecule has 0 aliphatic heterocycles. The van der Waals surface area contributed by atoms with E-state index in [4.69, 9.17) is 11.6 Å². The van der Waals surface area contributed by atoms with E-state index in [1.54, 1.807) is 30.3 Å². The first kappa shape index (κ1) is 19.2. The summed E-state index contributed by atoms with van der Waals surface area (Å²) in [4.78, 5) is 4.03. The molecule has 0 amide bonds. The van der Waals surface area contributed by atoms with Gasteiger partial charge in [-0.15, -0.1) is 0 Å². The number of hydrogen-bond donors (Lipinski definition) is 1. The molecule has 4 aromatic rings. The molecule has 0 atom stereocenters. The Morgan fingerprint density at radius 1 is 0.897 bits per heavy atom. The molecule has 0 bridgehead atoms. The fourth-order valence-electron chi connectivity index (χ4n) is 3.04. The number of nitrogens with zero attached hydrogens (tertiary/aromatic N) is 2. The normalized spacial score (nSPS) is 11.4. The van der Waals surface area contributed by atoms with E-state index in [1.165, 1.54) is 16.9 Å². The first-order valence-electron chi connectivity index (χ1n) is 8.94. The van der Waals surface area contributed by atoms with E-state index >= 15 is 0 Å². The van der Waals surface area contributed by atoms with Gasteiger partial charge in [0.25, 0.3) is 10.0 Å². The third kappa shape index (κ3) is 4.04. The van der Waals surface area contributed by atoms with Gasteiger partial charge in [-0.1, -0.05) is 66.2 Å². The van der Waals surface area contributed by atoms with E-state index in [2.05, 4.69) is 9.93 Å². The van der Waals surface area contributed by atoms with Crippen molar-refractivity contribution in [2.75, 3.05) is 4.83 Å². The molecule has 7 heteroatoms. The Hall–Kier alpha value is -3.09. The summed E-state index contributed by atoms with van der Waals surface area (Å²) in [7, 11) is -3.81. The predicted molar refractivity (Wildman–Crippen MR) is 116 cm³/mol. The van der Waals surface area contributed by atoms with Gasteiger partial charge in [0, 0.05) is 16.1 Å². The highest BCUT2D eigenvalue weighted by Gasteiger charge is 2.19. The highest BCUT2D eigenvalue weighted by atomic mass is 35.5. The van der Waals surface area contributed by atoms with Crippen molar-refractivity contribution < 1.29 is 8.42 Å². The van der Waals surface area contributed by atoms with Crippen LogP contribution in [0.1, 0.15) is 5.56 Å². The molecule has 0 aliphatic rings. The Bertz CT molecular complexity index is 1250. The number of halogens is 1. The van der Waals surface area contributed by atoms with Crippen LogP contribution in [0.5, 0.6) is 0 Å². The minimum absolute atomic E-state index is 0.162. The molecular formula is C22H18ClN3O2S. The molecular weight excluding hydrogens is 406 g/mol. The van der Waals surface area contributed by atoms with E-state index in [-0.39, 0.29) is 4.90 Å². The van der Waals surface area contributed by atoms with Gasteiger partial charge < -0.3 is 0 Å². The fraction of sp³-hybridized carbons (Fsp3) is 0.0455. The average Bonchev–Trinajstić information content (AvgIpc) is 3.12. The second-order valence-electron chi connectivity index (χ2n) is 6.56. The minimum atomic E-state index is -3.81. The Labute approximate surface area is 174 Å². The molecule has 5 nitrogen and oxygen atoms in total. The van der Waals surface area contributed by atoms with Crippen molar-refractivity contribution in [3.05, 3.63) is 95.5 Å². The summed E-state index contributed by atoms with van der Waals surface area (Å²) in [6, 6.07) is 25.1. The van der Waals surface area contributed by atoms with Crippen LogP contribution in [0.3, 0.4) is 0 Å². The van der Waals surface area contributed by atoms with Gasteiger partial charge in [0.1, 0.15) is 0 Å². The van der Waals surface area contributed by atoms with Crippen molar-refractivity contribution in [3.8, 4) is 22.5 Å². The van der Waals surface area contributed by atoms with Crippen LogP contribution in [0, 0.1) is 6.92 Å². The topological polar surface area (TPSA) is 64.0 Å². The van der Waals surface area contributed by atoms with Crippen LogP contribution in [-0.4, -0.2) is 18.3 Å². The second-order valence-corrected chi connectivity index (χ2v) is 8.65. The van der Waals surface area contributed by atoms with E-state index in [9.17, 15) is 8.42 Å². The zero-order chi connectivity index (χ0) is 20.4. The lowest BCUT2D eigenvalue weighted by molar-refractivity contribution is 0.592. The maximum Gasteiger partial charge on any atom is 0.276 e. The van der Waals surface area contributed by atoms with Crippen LogP contribution in [0.25, 0.3) is 22.5 Å². The molecule has 0 radical (unpaired) electrons. The monoisotopic (exact) mass is 423 g/mol. The number of benzene rings is 3. The zero-order valence-corrected chi connectivity index (χ0v) is 17.2. The Morgan fingerprint density at radius 2 is 1.55 bits per heavy atom. The first-order chi connectivity index (χ1) is 13.9. The molecule has 0 unspecified atom stereocenters. The van der Waals surface area contributed by atoms with Crippen molar-refractivity contribution in [1.29, 1.82) is 0 Å². The van der Waals surface area contributed by atoms with Crippen molar-refractivity contribution in [3.63, 3.8) is 0 Å². The molecule has 146 valence electrons. The third-order valence-electron chi connectivity index (χ3n) is 4.53. The van der Waals surface area contributed by atoms with Crippen molar-refractivity contribution in [1.82, 2.24) is 9.89 Å². The van der Waals surface area contributed by atoms with E-state index in [0.29, 0.717) is 16.4 Å². The van der Waals surface area contributed by atoms with Gasteiger partial charge in [0.2, 0.25) is 0 Å². The summed E-state index contributed by atoms with van der Waals surface area (Å²) in [5, 5.41) is 5.14. The minimum Gasteiger partial charge on any atom is -0.200 e. The summed E-state index contributed by atoms with van der Waals surface area (Å²) < 4.78 is 25.7. The quantitative estimate of drug-likeness (QED) is 0.485. The Kier molecular flexibility index (Phi) is 5.13. The molecule has 1 aromatic heterocycles. The number of aromatic nitrogens is 2. The summed E-state index contributed by atoms with van der Waals surface area (Å²) >= 11 is 6.01. The molecule has 0 saturated heterocycles. The van der Waals surface area contributed by atoms with E-state index < -0.39 is 10.0 Å². The SMILES string of the molecule is Cc1ccccc1-c1cc(-c2ccc(Cl)cc2)n(NS(=O)(=O)c2ccccc2)n1. The molecule has 4 rings (SSSR count). The highest BCUT2D eigenvalue weighted by molar-refractivity contribution is 7.92. The zero-order valence-electron chi connectivity index (χ0n) is 15.6. The number of nitrogens with one attached hydrogen (secondary N) is 1. The van der Waals surface area contributed by atoms with Crippen molar-refractivity contribution in [2.24, 2.45) is 0 Å². The van der Waals surface area contributed by atoms with Crippen LogP contribution in [-0.2, 0) is 10.0 Å². The van der Waals surface area contributed by atoms with Gasteiger partial charge >= 0.3 is 0 Å². The van der Waals surface area contributed by atoms with E-state index in [1.807, 2.05) is 49.4 Å². The van der Waals surface area contributed by atoms with Crippen LogP contribution < -0.4 is 4.83 Å². The highest BCUT2D eigenvalue weighted by Crippen LogP contribution is 2.29. The summed E-state index contributed by atoms with van der Waals surface area (Å²) in [5.74, 6) is 0. The molecule has 3 aromatic carbocycles. The molecule has 0 saturated carbocycles.